The van der Waals surface area contributed by atoms with Gasteiger partial charge >= 0.3 is 0 Å². The third kappa shape index (κ3) is 0.997. The van der Waals surface area contributed by atoms with Gasteiger partial charge in [-0.15, -0.1) is 6.42 Å². The van der Waals surface area contributed by atoms with E-state index >= 15 is 0 Å². The highest BCUT2D eigenvalue weighted by atomic mass is 16.3. The molecule has 1 rings (SSSR count). The molecule has 1 fully saturated rings. The molecule has 1 saturated carbocycles. The summed E-state index contributed by atoms with van der Waals surface area (Å²) in [6.45, 7) is 3.40. The van der Waals surface area contributed by atoms with Crippen molar-refractivity contribution < 1.29 is 10.2 Å². The predicted molar refractivity (Wildman–Crippen MR) is 47.6 cm³/mol. The molecule has 0 unspecified atom stereocenters. The molecular weight excluding hydrogens is 151 g/mol. The molecule has 3 heteroatoms. The Labute approximate surface area is 73.7 Å². The van der Waals surface area contributed by atoms with E-state index in [1.165, 1.54) is 0 Å². The zero-order valence-corrected chi connectivity index (χ0v) is 6.83. The molecule has 0 aromatic heterocycles. The monoisotopic (exact) mass is 162 g/mol. The summed E-state index contributed by atoms with van der Waals surface area (Å²) >= 11 is 0. The van der Waals surface area contributed by atoms with Crippen molar-refractivity contribution in [3.63, 3.8) is 0 Å². The van der Waals surface area contributed by atoms with Crippen LogP contribution in [-0.2, 0) is 0 Å². The molecule has 12 heavy (non-hydrogen) atoms. The van der Waals surface area contributed by atoms with Gasteiger partial charge in [-0.05, 0) is 6.42 Å². The lowest BCUT2D eigenvalue weighted by molar-refractivity contribution is 0.0645. The molecule has 2 N–H and O–H groups in total. The van der Waals surface area contributed by atoms with E-state index in [9.17, 15) is 5.11 Å². The maximum absolute atomic E-state index is 9.54. The number of hydrogen-bond acceptors (Lipinski definition) is 2. The molecule has 0 aromatic rings. The number of hydrogen-bond donors (Lipinski definition) is 2. The Balaban J connectivity index is 3.03. The van der Waals surface area contributed by atoms with Gasteiger partial charge in [0.05, 0.1) is 20.6 Å². The smallest absolute Gasteiger partial charge is 0.100 e. The lowest BCUT2D eigenvalue weighted by atomic mass is 9.76. The van der Waals surface area contributed by atoms with Crippen molar-refractivity contribution in [2.45, 2.75) is 18.3 Å². The van der Waals surface area contributed by atoms with Gasteiger partial charge in [0.25, 0.3) is 0 Å². The van der Waals surface area contributed by atoms with Crippen LogP contribution in [0.2, 0.25) is 5.82 Å². The highest BCUT2D eigenvalue weighted by Crippen LogP contribution is 2.46. The fourth-order valence-electron chi connectivity index (χ4n) is 1.57. The second kappa shape index (κ2) is 2.97. The second-order valence-electron chi connectivity index (χ2n) is 3.16. The van der Waals surface area contributed by atoms with E-state index in [1.807, 2.05) is 0 Å². The van der Waals surface area contributed by atoms with E-state index in [1.54, 1.807) is 0 Å². The molecule has 2 radical (unpaired) electrons. The Bertz CT molecular complexity index is 243. The van der Waals surface area contributed by atoms with Crippen LogP contribution in [0.5, 0.6) is 0 Å². The van der Waals surface area contributed by atoms with Crippen LogP contribution >= 0.6 is 0 Å². The van der Waals surface area contributed by atoms with Crippen molar-refractivity contribution in [1.82, 2.24) is 0 Å². The summed E-state index contributed by atoms with van der Waals surface area (Å²) in [4.78, 5) is 0. The quantitative estimate of drug-likeness (QED) is 0.320. The maximum atomic E-state index is 9.54. The van der Waals surface area contributed by atoms with Gasteiger partial charge in [0, 0.05) is 0 Å². The third-order valence-electron chi connectivity index (χ3n) is 2.57. The summed E-state index contributed by atoms with van der Waals surface area (Å²) in [6.07, 6.45) is 4.85. The van der Waals surface area contributed by atoms with Crippen molar-refractivity contribution in [2.24, 2.45) is 5.41 Å². The lowest BCUT2D eigenvalue weighted by Gasteiger charge is -2.25. The molecule has 1 aliphatic rings. The van der Waals surface area contributed by atoms with E-state index in [2.05, 4.69) is 12.5 Å². The summed E-state index contributed by atoms with van der Waals surface area (Å²) in [5.41, 5.74) is -0.459. The second-order valence-corrected chi connectivity index (χ2v) is 3.16. The SMILES string of the molecule is [B][C@H]1C[C@H](O)[C@@](C#C)(CO)C1=C. The molecule has 0 aliphatic heterocycles. The summed E-state index contributed by atoms with van der Waals surface area (Å²) in [7, 11) is 5.63. The van der Waals surface area contributed by atoms with E-state index < -0.39 is 11.5 Å². The van der Waals surface area contributed by atoms with Gasteiger partial charge in [0.1, 0.15) is 5.41 Å². The molecule has 0 amide bonds. The summed E-state index contributed by atoms with van der Waals surface area (Å²) in [6, 6.07) is 0. The number of aliphatic hydroxyl groups excluding tert-OH is 2. The van der Waals surface area contributed by atoms with Crippen molar-refractivity contribution in [3.05, 3.63) is 12.2 Å². The minimum atomic E-state index is -1.01. The highest BCUT2D eigenvalue weighted by Gasteiger charge is 2.46. The molecule has 0 aromatic carbocycles. The summed E-state index contributed by atoms with van der Waals surface area (Å²) in [5, 5.41) is 18.6. The normalized spacial score (nSPS) is 41.2. The van der Waals surface area contributed by atoms with Crippen LogP contribution in [-0.4, -0.2) is 30.8 Å². The molecule has 0 saturated heterocycles. The fourth-order valence-corrected chi connectivity index (χ4v) is 1.57. The number of rotatable bonds is 1. The number of terminal acetylenes is 1. The zero-order chi connectivity index (χ0) is 9.35. The first-order chi connectivity index (χ1) is 5.58. The van der Waals surface area contributed by atoms with Crippen LogP contribution in [0.25, 0.3) is 0 Å². The van der Waals surface area contributed by atoms with Crippen LogP contribution in [0.1, 0.15) is 6.42 Å². The fraction of sp³-hybridized carbons (Fsp3) is 0.556. The van der Waals surface area contributed by atoms with Crippen LogP contribution in [0.3, 0.4) is 0 Å². The Morgan fingerprint density at radius 1 is 1.83 bits per heavy atom. The summed E-state index contributed by atoms with van der Waals surface area (Å²) in [5.74, 6) is 2.07. The standard InChI is InChI=1S/C9H11BO2/c1-3-9(5-11)6(2)7(10)4-8(9)12/h1,7-8,11-12H,2,4-5H2/t7-,8-,9-/m0/s1. The Morgan fingerprint density at radius 3 is 2.58 bits per heavy atom. The zero-order valence-electron chi connectivity index (χ0n) is 6.83. The van der Waals surface area contributed by atoms with Crippen LogP contribution in [0, 0.1) is 17.8 Å². The van der Waals surface area contributed by atoms with Crippen LogP contribution < -0.4 is 0 Å². The van der Waals surface area contributed by atoms with Crippen LogP contribution in [0.15, 0.2) is 12.2 Å². The first-order valence-electron chi connectivity index (χ1n) is 3.80. The molecule has 1 aliphatic carbocycles. The Morgan fingerprint density at radius 2 is 2.42 bits per heavy atom. The van der Waals surface area contributed by atoms with Crippen molar-refractivity contribution >= 4 is 7.85 Å². The van der Waals surface area contributed by atoms with Crippen molar-refractivity contribution in [1.29, 1.82) is 0 Å². The topological polar surface area (TPSA) is 40.5 Å². The van der Waals surface area contributed by atoms with Gasteiger partial charge in [-0.1, -0.05) is 23.9 Å². The van der Waals surface area contributed by atoms with E-state index in [4.69, 9.17) is 19.4 Å². The molecule has 3 atom stereocenters. The van der Waals surface area contributed by atoms with Crippen molar-refractivity contribution in [3.8, 4) is 12.3 Å². The average Bonchev–Trinajstić information content (AvgIpc) is 2.26. The number of aliphatic hydroxyl groups is 2. The van der Waals surface area contributed by atoms with Gasteiger partial charge in [0.15, 0.2) is 0 Å². The molecule has 0 bridgehead atoms. The molecule has 2 nitrogen and oxygen atoms in total. The van der Waals surface area contributed by atoms with E-state index in [-0.39, 0.29) is 12.4 Å². The minimum absolute atomic E-state index is 0.294. The van der Waals surface area contributed by atoms with Gasteiger partial charge < -0.3 is 10.2 Å². The lowest BCUT2D eigenvalue weighted by Crippen LogP contribution is -2.33. The summed E-state index contributed by atoms with van der Waals surface area (Å²) < 4.78 is 0. The maximum Gasteiger partial charge on any atom is 0.100 e. The predicted octanol–water partition coefficient (Wildman–Crippen LogP) is -0.124. The highest BCUT2D eigenvalue weighted by molar-refractivity contribution is 6.14. The van der Waals surface area contributed by atoms with Crippen LogP contribution in [0.4, 0.5) is 0 Å². The minimum Gasteiger partial charge on any atom is -0.394 e. The molecule has 62 valence electrons. The van der Waals surface area contributed by atoms with E-state index in [0.29, 0.717) is 12.0 Å². The first-order valence-corrected chi connectivity index (χ1v) is 3.80. The molecule has 0 spiro atoms. The van der Waals surface area contributed by atoms with Gasteiger partial charge in [-0.2, -0.15) is 0 Å². The Hall–Kier alpha value is -0.715. The van der Waals surface area contributed by atoms with Gasteiger partial charge in [0.2, 0.25) is 0 Å². The largest absolute Gasteiger partial charge is 0.394 e. The van der Waals surface area contributed by atoms with E-state index in [0.717, 1.165) is 0 Å². The first kappa shape index (κ1) is 9.37. The third-order valence-corrected chi connectivity index (χ3v) is 2.57. The van der Waals surface area contributed by atoms with Gasteiger partial charge in [-0.3, -0.25) is 0 Å². The van der Waals surface area contributed by atoms with Gasteiger partial charge in [-0.25, -0.2) is 0 Å². The average molecular weight is 162 g/mol. The molecular formula is C9H11BO2. The van der Waals surface area contributed by atoms with Crippen molar-refractivity contribution in [2.75, 3.05) is 6.61 Å². The molecule has 0 heterocycles. The Kier molecular flexibility index (Phi) is 2.32.